The van der Waals surface area contributed by atoms with Crippen molar-refractivity contribution in [3.8, 4) is 11.5 Å². The molecule has 6 rings (SSSR count). The number of amides is 4. The molecule has 0 bridgehead atoms. The number of hydrogen-bond donors (Lipinski definition) is 1. The van der Waals surface area contributed by atoms with E-state index < -0.39 is 51.1 Å². The van der Waals surface area contributed by atoms with Gasteiger partial charge in [-0.1, -0.05) is 45.8 Å². The second-order valence-electron chi connectivity index (χ2n) is 10.3. The fraction of sp³-hybridized carbons (Fsp3) is 0.357. The molecular formula is C28H23BrCl2N2O6. The molecule has 2 aliphatic carbocycles. The topological polar surface area (TPSA) is 104 Å². The highest BCUT2D eigenvalue weighted by Gasteiger charge is 2.76. The minimum Gasteiger partial charge on any atom is -0.508 e. The van der Waals surface area contributed by atoms with Crippen LogP contribution in [0.25, 0.3) is 0 Å². The molecule has 2 heterocycles. The van der Waals surface area contributed by atoms with E-state index in [9.17, 15) is 24.3 Å². The number of carbonyl (C=O) groups excluding carboxylic acids is 4. The Morgan fingerprint density at radius 2 is 1.74 bits per heavy atom. The van der Waals surface area contributed by atoms with E-state index in [-0.39, 0.29) is 35.5 Å². The second kappa shape index (κ2) is 9.08. The fourth-order valence-electron chi connectivity index (χ4n) is 6.82. The number of carbonyl (C=O) groups is 4. The summed E-state index contributed by atoms with van der Waals surface area (Å²) in [5.41, 5.74) is 1.18. The van der Waals surface area contributed by atoms with E-state index in [4.69, 9.17) is 27.9 Å². The Hall–Kier alpha value is -2.88. The first-order chi connectivity index (χ1) is 18.6. The van der Waals surface area contributed by atoms with Gasteiger partial charge in [0.15, 0.2) is 9.75 Å². The third-order valence-electron chi connectivity index (χ3n) is 8.57. The molecule has 1 saturated carbocycles. The minimum absolute atomic E-state index is 0.123. The molecule has 4 aliphatic rings. The van der Waals surface area contributed by atoms with Crippen molar-refractivity contribution < 1.29 is 29.0 Å². The number of nitrogens with zero attached hydrogens (tertiary/aromatic N) is 2. The van der Waals surface area contributed by atoms with Gasteiger partial charge in [-0.2, -0.15) is 0 Å². The van der Waals surface area contributed by atoms with E-state index in [2.05, 4.69) is 15.9 Å². The number of fused-ring (bicyclic) bond motifs is 4. The van der Waals surface area contributed by atoms with Gasteiger partial charge in [-0.25, -0.2) is 0 Å². The molecule has 2 saturated heterocycles. The number of phenolic OH excluding ortho intramolecular Hbond substituents is 1. The Bertz CT molecular complexity index is 1470. The van der Waals surface area contributed by atoms with Gasteiger partial charge in [0.25, 0.3) is 11.8 Å². The summed E-state index contributed by atoms with van der Waals surface area (Å²) in [7, 11) is 1.46. The van der Waals surface area contributed by atoms with Crippen LogP contribution in [0, 0.1) is 17.8 Å². The predicted octanol–water partition coefficient (Wildman–Crippen LogP) is 4.32. The molecular weight excluding hydrogens is 611 g/mol. The normalized spacial score (nSPS) is 33.6. The van der Waals surface area contributed by atoms with E-state index in [0.29, 0.717) is 17.0 Å². The summed E-state index contributed by atoms with van der Waals surface area (Å²) in [5, 5.41) is 11.0. The third kappa shape index (κ3) is 3.36. The van der Waals surface area contributed by atoms with Crippen molar-refractivity contribution in [1.29, 1.82) is 0 Å². The van der Waals surface area contributed by atoms with Crippen LogP contribution >= 0.6 is 39.1 Å². The average molecular weight is 634 g/mol. The maximum absolute atomic E-state index is 13.9. The zero-order valence-corrected chi connectivity index (χ0v) is 23.7. The number of allylic oxidation sites excluding steroid dienone is 2. The summed E-state index contributed by atoms with van der Waals surface area (Å²) < 4.78 is 5.38. The van der Waals surface area contributed by atoms with Gasteiger partial charge in [0.2, 0.25) is 11.8 Å². The Labute approximate surface area is 242 Å². The lowest BCUT2D eigenvalue weighted by Crippen LogP contribution is -2.60. The first kappa shape index (κ1) is 26.3. The van der Waals surface area contributed by atoms with Crippen molar-refractivity contribution in [2.24, 2.45) is 17.8 Å². The van der Waals surface area contributed by atoms with Crippen LogP contribution in [-0.4, -0.2) is 55.9 Å². The van der Waals surface area contributed by atoms with Gasteiger partial charge in [-0.3, -0.25) is 29.0 Å². The fourth-order valence-corrected chi connectivity index (χ4v) is 8.24. The van der Waals surface area contributed by atoms with Crippen molar-refractivity contribution in [2.75, 3.05) is 17.5 Å². The third-order valence-corrected chi connectivity index (χ3v) is 10.5. The Kier molecular flexibility index (Phi) is 6.13. The molecule has 6 unspecified atom stereocenters. The van der Waals surface area contributed by atoms with Crippen molar-refractivity contribution in [3.63, 3.8) is 0 Å². The first-order valence-electron chi connectivity index (χ1n) is 12.4. The van der Waals surface area contributed by atoms with Crippen LogP contribution in [0.3, 0.4) is 0 Å². The number of aromatic hydroxyl groups is 1. The second-order valence-corrected chi connectivity index (χ2v) is 12.0. The van der Waals surface area contributed by atoms with Gasteiger partial charge in [0.1, 0.15) is 11.5 Å². The highest BCUT2D eigenvalue weighted by atomic mass is 79.9. The van der Waals surface area contributed by atoms with Crippen molar-refractivity contribution in [2.45, 2.75) is 28.5 Å². The van der Waals surface area contributed by atoms with Crippen LogP contribution in [0.2, 0.25) is 0 Å². The number of alkyl halides is 3. The number of rotatable bonds is 4. The van der Waals surface area contributed by atoms with E-state index >= 15 is 0 Å². The molecule has 39 heavy (non-hydrogen) atoms. The summed E-state index contributed by atoms with van der Waals surface area (Å²) >= 11 is 17.6. The minimum atomic E-state index is -2.00. The molecule has 11 heteroatoms. The first-order valence-corrected chi connectivity index (χ1v) is 14.3. The molecule has 8 nitrogen and oxygen atoms in total. The Morgan fingerprint density at radius 1 is 1.03 bits per heavy atom. The summed E-state index contributed by atoms with van der Waals surface area (Å²) in [6, 6.07) is 13.2. The number of halogens is 3. The van der Waals surface area contributed by atoms with Crippen molar-refractivity contribution in [3.05, 3.63) is 65.7 Å². The van der Waals surface area contributed by atoms with Crippen LogP contribution in [0.1, 0.15) is 24.3 Å². The highest BCUT2D eigenvalue weighted by molar-refractivity contribution is 9.09. The number of anilines is 1. The van der Waals surface area contributed by atoms with Gasteiger partial charge < -0.3 is 9.84 Å². The molecule has 6 atom stereocenters. The number of imide groups is 2. The molecule has 0 aromatic heterocycles. The Morgan fingerprint density at radius 3 is 2.41 bits per heavy atom. The molecule has 1 N–H and O–H groups in total. The zero-order chi connectivity index (χ0) is 27.9. The standard InChI is InChI=1S/C28H23BrCl2N2O6/c1-39-15-7-10-20(34)18(11-15)22-16-8-9-17-21(24(36)33(23(17)35)14-5-3-2-4-6-14)19(16)12-27(30)25(37)32(13-29)26(38)28(22,27)31/h2-8,10-11,17,19,21-22,34H,9,12-13H2,1H3. The van der Waals surface area contributed by atoms with E-state index in [1.165, 1.54) is 18.1 Å². The summed E-state index contributed by atoms with van der Waals surface area (Å²) in [5.74, 6) is -5.09. The number of hydrogen-bond acceptors (Lipinski definition) is 6. The highest BCUT2D eigenvalue weighted by Crippen LogP contribution is 2.66. The molecule has 2 aromatic carbocycles. The van der Waals surface area contributed by atoms with Gasteiger partial charge in [-0.05, 0) is 49.1 Å². The number of para-hydroxylation sites is 1. The van der Waals surface area contributed by atoms with Gasteiger partial charge in [0, 0.05) is 11.5 Å². The van der Waals surface area contributed by atoms with Gasteiger partial charge >= 0.3 is 0 Å². The summed E-state index contributed by atoms with van der Waals surface area (Å²) in [6.07, 6.45) is 1.93. The van der Waals surface area contributed by atoms with Crippen molar-refractivity contribution >= 4 is 68.4 Å². The van der Waals surface area contributed by atoms with Crippen LogP contribution in [0.5, 0.6) is 11.5 Å². The Balaban J connectivity index is 1.55. The van der Waals surface area contributed by atoms with E-state index in [1.54, 1.807) is 42.5 Å². The SMILES string of the molecule is COc1ccc(O)c(C2C3=CCC4C(=O)N(c5ccccc5)C(=O)C4C3CC3(Cl)C(=O)N(CBr)C(=O)C23Cl)c1. The van der Waals surface area contributed by atoms with Crippen LogP contribution in [0.4, 0.5) is 5.69 Å². The molecule has 3 fully saturated rings. The lowest BCUT2D eigenvalue weighted by Gasteiger charge is -2.50. The maximum atomic E-state index is 13.9. The number of phenols is 1. The molecule has 202 valence electrons. The summed E-state index contributed by atoms with van der Waals surface area (Å²) in [4.78, 5) is 53.1. The van der Waals surface area contributed by atoms with Crippen LogP contribution in [0.15, 0.2) is 60.2 Å². The molecule has 0 radical (unpaired) electrons. The maximum Gasteiger partial charge on any atom is 0.254 e. The smallest absolute Gasteiger partial charge is 0.254 e. The lowest BCUT2D eigenvalue weighted by molar-refractivity contribution is -0.138. The largest absolute Gasteiger partial charge is 0.508 e. The number of methoxy groups -OCH3 is 1. The van der Waals surface area contributed by atoms with Gasteiger partial charge in [0.05, 0.1) is 30.1 Å². The lowest BCUT2D eigenvalue weighted by atomic mass is 9.56. The monoisotopic (exact) mass is 632 g/mol. The molecule has 0 spiro atoms. The quantitative estimate of drug-likeness (QED) is 0.233. The molecule has 2 aromatic rings. The molecule has 4 amide bonds. The van der Waals surface area contributed by atoms with Crippen LogP contribution < -0.4 is 9.64 Å². The predicted molar refractivity (Wildman–Crippen MR) is 147 cm³/mol. The number of ether oxygens (including phenoxy) is 1. The van der Waals surface area contributed by atoms with Gasteiger partial charge in [-0.15, -0.1) is 23.2 Å². The number of likely N-dealkylation sites (tertiary alicyclic amines) is 1. The summed E-state index contributed by atoms with van der Waals surface area (Å²) in [6.45, 7) is 0. The van der Waals surface area contributed by atoms with E-state index in [1.807, 2.05) is 6.08 Å². The zero-order valence-electron chi connectivity index (χ0n) is 20.6. The van der Waals surface area contributed by atoms with Crippen molar-refractivity contribution in [1.82, 2.24) is 4.90 Å². The molecule has 2 aliphatic heterocycles. The van der Waals surface area contributed by atoms with Crippen LogP contribution in [-0.2, 0) is 19.2 Å². The number of benzene rings is 2. The van der Waals surface area contributed by atoms with E-state index in [0.717, 1.165) is 4.90 Å². The average Bonchev–Trinajstić information content (AvgIpc) is 3.27.